The van der Waals surface area contributed by atoms with Gasteiger partial charge in [0.15, 0.2) is 16.7 Å². The Balaban J connectivity index is 1.60. The number of halogens is 1. The van der Waals surface area contributed by atoms with Gasteiger partial charge in [0, 0.05) is 17.5 Å². The molecule has 0 amide bonds. The first-order valence-electron chi connectivity index (χ1n) is 8.87. The van der Waals surface area contributed by atoms with E-state index in [2.05, 4.69) is 20.2 Å². The summed E-state index contributed by atoms with van der Waals surface area (Å²) in [6, 6.07) is 10.1. The van der Waals surface area contributed by atoms with Crippen LogP contribution in [-0.2, 0) is 6.54 Å². The molecule has 0 saturated heterocycles. The minimum absolute atomic E-state index is 0.263. The Morgan fingerprint density at radius 1 is 1.14 bits per heavy atom. The largest absolute Gasteiger partial charge is 0.461 e. The van der Waals surface area contributed by atoms with E-state index in [1.165, 1.54) is 35.2 Å². The van der Waals surface area contributed by atoms with Crippen LogP contribution in [0.3, 0.4) is 0 Å². The Morgan fingerprint density at radius 2 is 2.00 bits per heavy atom. The van der Waals surface area contributed by atoms with Crippen molar-refractivity contribution in [1.29, 1.82) is 0 Å². The van der Waals surface area contributed by atoms with Gasteiger partial charge < -0.3 is 4.42 Å². The highest BCUT2D eigenvalue weighted by molar-refractivity contribution is 7.99. The quantitative estimate of drug-likeness (QED) is 0.347. The summed E-state index contributed by atoms with van der Waals surface area (Å²) >= 11 is 2.97. The van der Waals surface area contributed by atoms with Crippen LogP contribution in [0.1, 0.15) is 6.92 Å². The predicted molar refractivity (Wildman–Crippen MR) is 110 cm³/mol. The summed E-state index contributed by atoms with van der Waals surface area (Å²) in [5.41, 5.74) is 1.89. The average molecular weight is 423 g/mol. The third-order valence-corrected chi connectivity index (χ3v) is 6.33. The van der Waals surface area contributed by atoms with Crippen LogP contribution in [-0.4, -0.2) is 24.7 Å². The van der Waals surface area contributed by atoms with Gasteiger partial charge in [-0.05, 0) is 48.5 Å². The van der Waals surface area contributed by atoms with E-state index in [-0.39, 0.29) is 5.82 Å². The van der Waals surface area contributed by atoms with E-state index in [1.807, 2.05) is 29.0 Å². The molecule has 5 rings (SSSR count). The van der Waals surface area contributed by atoms with Gasteiger partial charge in [0.05, 0.1) is 11.6 Å². The molecular weight excluding hydrogens is 409 g/mol. The molecule has 0 radical (unpaired) electrons. The van der Waals surface area contributed by atoms with E-state index in [4.69, 9.17) is 4.42 Å². The van der Waals surface area contributed by atoms with E-state index >= 15 is 0 Å². The maximum absolute atomic E-state index is 13.4. The van der Waals surface area contributed by atoms with Crippen LogP contribution in [0.25, 0.3) is 32.9 Å². The molecule has 0 N–H and O–H groups in total. The van der Waals surface area contributed by atoms with Crippen LogP contribution in [0.15, 0.2) is 69.0 Å². The highest BCUT2D eigenvalue weighted by atomic mass is 32.2. The zero-order valence-corrected chi connectivity index (χ0v) is 16.9. The molecule has 0 bridgehead atoms. The third-order valence-electron chi connectivity index (χ3n) is 4.45. The summed E-state index contributed by atoms with van der Waals surface area (Å²) < 4.78 is 20.8. The van der Waals surface area contributed by atoms with Crippen LogP contribution < -0.4 is 0 Å². The summed E-state index contributed by atoms with van der Waals surface area (Å²) in [6.45, 7) is 2.72. The van der Waals surface area contributed by atoms with Crippen LogP contribution in [0, 0.1) is 5.82 Å². The van der Waals surface area contributed by atoms with Gasteiger partial charge in [-0.15, -0.1) is 21.5 Å². The molecule has 9 heteroatoms. The van der Waals surface area contributed by atoms with E-state index in [0.717, 1.165) is 31.5 Å². The Morgan fingerprint density at radius 3 is 2.76 bits per heavy atom. The van der Waals surface area contributed by atoms with Gasteiger partial charge in [0.2, 0.25) is 0 Å². The van der Waals surface area contributed by atoms with Crippen LogP contribution in [0.2, 0.25) is 0 Å². The Bertz CT molecular complexity index is 1280. The number of rotatable bonds is 5. The predicted octanol–water partition coefficient (Wildman–Crippen LogP) is 5.52. The average Bonchev–Trinajstić information content (AvgIpc) is 3.48. The number of hydrogen-bond acceptors (Lipinski definition) is 7. The van der Waals surface area contributed by atoms with Gasteiger partial charge in [0.1, 0.15) is 22.0 Å². The molecule has 0 aliphatic carbocycles. The maximum Gasteiger partial charge on any atom is 0.200 e. The first-order valence-corrected chi connectivity index (χ1v) is 10.6. The Labute approximate surface area is 173 Å². The zero-order chi connectivity index (χ0) is 19.8. The lowest BCUT2D eigenvalue weighted by molar-refractivity contribution is 0.567. The molecule has 0 aliphatic heterocycles. The molecule has 0 aliphatic rings. The number of aromatic nitrogens is 5. The molecule has 5 aromatic rings. The summed E-state index contributed by atoms with van der Waals surface area (Å²) in [6.07, 6.45) is 3.17. The van der Waals surface area contributed by atoms with Gasteiger partial charge in [-0.2, -0.15) is 0 Å². The summed E-state index contributed by atoms with van der Waals surface area (Å²) in [5, 5.41) is 13.1. The molecule has 0 spiro atoms. The molecule has 4 aromatic heterocycles. The van der Waals surface area contributed by atoms with Crippen molar-refractivity contribution >= 4 is 33.3 Å². The van der Waals surface area contributed by atoms with Gasteiger partial charge >= 0.3 is 0 Å². The van der Waals surface area contributed by atoms with Crippen molar-refractivity contribution in [3.63, 3.8) is 0 Å². The van der Waals surface area contributed by atoms with Crippen molar-refractivity contribution in [2.75, 3.05) is 0 Å². The normalized spacial score (nSPS) is 11.4. The highest BCUT2D eigenvalue weighted by Gasteiger charge is 2.19. The summed E-state index contributed by atoms with van der Waals surface area (Å²) in [7, 11) is 0. The van der Waals surface area contributed by atoms with E-state index in [9.17, 15) is 4.39 Å². The summed E-state index contributed by atoms with van der Waals surface area (Å²) in [5.74, 6) is 1.08. The molecule has 29 heavy (non-hydrogen) atoms. The van der Waals surface area contributed by atoms with E-state index in [1.54, 1.807) is 24.7 Å². The van der Waals surface area contributed by atoms with Gasteiger partial charge in [-0.1, -0.05) is 12.1 Å². The molecule has 0 unspecified atom stereocenters. The number of hydrogen-bond donors (Lipinski definition) is 0. The zero-order valence-electron chi connectivity index (χ0n) is 15.2. The summed E-state index contributed by atoms with van der Waals surface area (Å²) in [4.78, 5) is 9.77. The molecule has 144 valence electrons. The van der Waals surface area contributed by atoms with Crippen molar-refractivity contribution in [2.45, 2.75) is 23.7 Å². The standard InChI is InChI=1S/C20H14FN5OS2/c1-2-26-17(15-4-3-9-27-15)24-25-20(26)29-19-16-14(10-28-18(16)22-11-23-19)12-5-7-13(21)8-6-12/h3-11H,2H2,1H3. The minimum atomic E-state index is -0.263. The number of fused-ring (bicyclic) bond motifs is 1. The molecule has 0 atom stereocenters. The second kappa shape index (κ2) is 7.41. The first kappa shape index (κ1) is 18.0. The SMILES string of the molecule is CCn1c(Sc2ncnc3scc(-c4ccc(F)cc4)c23)nnc1-c1ccco1. The van der Waals surface area contributed by atoms with Crippen LogP contribution >= 0.6 is 23.1 Å². The third kappa shape index (κ3) is 3.22. The molecule has 0 saturated carbocycles. The number of furan rings is 1. The second-order valence-corrected chi connectivity index (χ2v) is 7.96. The van der Waals surface area contributed by atoms with Crippen LogP contribution in [0.4, 0.5) is 4.39 Å². The fourth-order valence-corrected chi connectivity index (χ4v) is 5.06. The van der Waals surface area contributed by atoms with Crippen molar-refractivity contribution in [2.24, 2.45) is 0 Å². The lowest BCUT2D eigenvalue weighted by atomic mass is 10.1. The minimum Gasteiger partial charge on any atom is -0.461 e. The monoisotopic (exact) mass is 423 g/mol. The van der Waals surface area contributed by atoms with Crippen molar-refractivity contribution in [3.05, 3.63) is 60.2 Å². The maximum atomic E-state index is 13.4. The van der Waals surface area contributed by atoms with Crippen molar-refractivity contribution in [3.8, 4) is 22.7 Å². The van der Waals surface area contributed by atoms with E-state index in [0.29, 0.717) is 18.1 Å². The van der Waals surface area contributed by atoms with Gasteiger partial charge in [-0.25, -0.2) is 14.4 Å². The lowest BCUT2D eigenvalue weighted by Crippen LogP contribution is -1.99. The fourth-order valence-electron chi connectivity index (χ4n) is 3.09. The molecule has 4 heterocycles. The Kier molecular flexibility index (Phi) is 4.61. The first-order chi connectivity index (χ1) is 14.2. The second-order valence-electron chi connectivity index (χ2n) is 6.15. The topological polar surface area (TPSA) is 69.6 Å². The lowest BCUT2D eigenvalue weighted by Gasteiger charge is -2.07. The number of thiophene rings is 1. The van der Waals surface area contributed by atoms with Gasteiger partial charge in [-0.3, -0.25) is 4.57 Å². The fraction of sp³-hybridized carbons (Fsp3) is 0.100. The Hall–Kier alpha value is -3.04. The van der Waals surface area contributed by atoms with Gasteiger partial charge in [0.25, 0.3) is 0 Å². The number of benzene rings is 1. The van der Waals surface area contributed by atoms with E-state index < -0.39 is 0 Å². The molecule has 1 aromatic carbocycles. The molecule has 6 nitrogen and oxygen atoms in total. The van der Waals surface area contributed by atoms with Crippen molar-refractivity contribution < 1.29 is 8.81 Å². The molecule has 0 fully saturated rings. The van der Waals surface area contributed by atoms with Crippen molar-refractivity contribution in [1.82, 2.24) is 24.7 Å². The smallest absolute Gasteiger partial charge is 0.200 e. The number of nitrogens with zero attached hydrogens (tertiary/aromatic N) is 5. The molecular formula is C20H14FN5OS2. The van der Waals surface area contributed by atoms with Crippen LogP contribution in [0.5, 0.6) is 0 Å². The highest BCUT2D eigenvalue weighted by Crippen LogP contribution is 2.40.